The van der Waals surface area contributed by atoms with Gasteiger partial charge in [-0.2, -0.15) is 0 Å². The zero-order chi connectivity index (χ0) is 10.9. The molecule has 0 aliphatic carbocycles. The molecular formula is C10H18N4O. The topological polar surface area (TPSA) is 69.8 Å². The summed E-state index contributed by atoms with van der Waals surface area (Å²) in [5.74, 6) is 0.990. The van der Waals surface area contributed by atoms with Crippen molar-refractivity contribution in [1.29, 1.82) is 0 Å². The van der Waals surface area contributed by atoms with Gasteiger partial charge in [0, 0.05) is 38.3 Å². The molecule has 1 heterocycles. The molecule has 0 aromatic carbocycles. The van der Waals surface area contributed by atoms with Crippen molar-refractivity contribution < 1.29 is 4.79 Å². The monoisotopic (exact) mass is 210 g/mol. The van der Waals surface area contributed by atoms with Crippen LogP contribution in [0.5, 0.6) is 0 Å². The van der Waals surface area contributed by atoms with Gasteiger partial charge in [0.05, 0.1) is 0 Å². The van der Waals surface area contributed by atoms with E-state index >= 15 is 0 Å². The Morgan fingerprint density at radius 3 is 3.07 bits per heavy atom. The van der Waals surface area contributed by atoms with Gasteiger partial charge in [0.1, 0.15) is 5.82 Å². The molecule has 0 radical (unpaired) electrons. The van der Waals surface area contributed by atoms with Crippen molar-refractivity contribution in [2.45, 2.75) is 19.8 Å². The molecule has 84 valence electrons. The molecule has 0 saturated carbocycles. The Labute approximate surface area is 89.7 Å². The smallest absolute Gasteiger partial charge is 0.221 e. The summed E-state index contributed by atoms with van der Waals surface area (Å²) in [5.41, 5.74) is 0. The van der Waals surface area contributed by atoms with E-state index < -0.39 is 0 Å². The molecule has 15 heavy (non-hydrogen) atoms. The molecule has 0 spiro atoms. The Morgan fingerprint density at radius 1 is 1.53 bits per heavy atom. The molecule has 0 atom stereocenters. The molecule has 5 heteroatoms. The fourth-order valence-corrected chi connectivity index (χ4v) is 1.22. The SMILES string of the molecule is CCNCCC(=O)NCCc1ncc[nH]1. The van der Waals surface area contributed by atoms with Crippen LogP contribution in [-0.2, 0) is 11.2 Å². The number of carbonyl (C=O) groups excluding carboxylic acids is 1. The number of nitrogens with zero attached hydrogens (tertiary/aromatic N) is 1. The van der Waals surface area contributed by atoms with Crippen molar-refractivity contribution in [3.8, 4) is 0 Å². The first kappa shape index (κ1) is 11.7. The minimum absolute atomic E-state index is 0.0857. The zero-order valence-electron chi connectivity index (χ0n) is 9.05. The summed E-state index contributed by atoms with van der Waals surface area (Å²) in [5, 5.41) is 5.94. The van der Waals surface area contributed by atoms with E-state index in [2.05, 4.69) is 20.6 Å². The lowest BCUT2D eigenvalue weighted by molar-refractivity contribution is -0.120. The quantitative estimate of drug-likeness (QED) is 0.558. The van der Waals surface area contributed by atoms with Crippen molar-refractivity contribution in [3.63, 3.8) is 0 Å². The van der Waals surface area contributed by atoms with Crippen LogP contribution >= 0.6 is 0 Å². The van der Waals surface area contributed by atoms with Gasteiger partial charge in [-0.25, -0.2) is 4.98 Å². The number of hydrogen-bond donors (Lipinski definition) is 3. The first-order valence-electron chi connectivity index (χ1n) is 5.28. The zero-order valence-corrected chi connectivity index (χ0v) is 9.05. The van der Waals surface area contributed by atoms with Gasteiger partial charge in [-0.3, -0.25) is 4.79 Å². The molecule has 1 aromatic rings. The van der Waals surface area contributed by atoms with Crippen molar-refractivity contribution >= 4 is 5.91 Å². The Balaban J connectivity index is 2.02. The standard InChI is InChI=1S/C10H18N4O/c1-2-11-5-4-10(15)14-6-3-9-12-7-8-13-9/h7-8,11H,2-6H2,1H3,(H,12,13)(H,14,15). The van der Waals surface area contributed by atoms with Crippen LogP contribution in [0.3, 0.4) is 0 Å². The summed E-state index contributed by atoms with van der Waals surface area (Å²) < 4.78 is 0. The number of aromatic nitrogens is 2. The lowest BCUT2D eigenvalue weighted by atomic mass is 10.3. The highest BCUT2D eigenvalue weighted by Crippen LogP contribution is 1.88. The Morgan fingerprint density at radius 2 is 2.40 bits per heavy atom. The van der Waals surface area contributed by atoms with E-state index in [-0.39, 0.29) is 5.91 Å². The predicted molar refractivity (Wildman–Crippen MR) is 58.5 cm³/mol. The Hall–Kier alpha value is -1.36. The number of carbonyl (C=O) groups is 1. The van der Waals surface area contributed by atoms with Gasteiger partial charge >= 0.3 is 0 Å². The van der Waals surface area contributed by atoms with E-state index in [1.54, 1.807) is 12.4 Å². The van der Waals surface area contributed by atoms with Crippen LogP contribution < -0.4 is 10.6 Å². The van der Waals surface area contributed by atoms with Gasteiger partial charge in [-0.05, 0) is 6.54 Å². The van der Waals surface area contributed by atoms with Crippen LogP contribution in [-0.4, -0.2) is 35.5 Å². The highest BCUT2D eigenvalue weighted by atomic mass is 16.1. The van der Waals surface area contributed by atoms with Crippen LogP contribution in [0.15, 0.2) is 12.4 Å². The van der Waals surface area contributed by atoms with Crippen molar-refractivity contribution in [2.24, 2.45) is 0 Å². The maximum atomic E-state index is 11.3. The summed E-state index contributed by atoms with van der Waals surface area (Å²) in [7, 11) is 0. The molecule has 0 aliphatic rings. The van der Waals surface area contributed by atoms with Crippen LogP contribution in [0.2, 0.25) is 0 Å². The maximum absolute atomic E-state index is 11.3. The van der Waals surface area contributed by atoms with E-state index in [9.17, 15) is 4.79 Å². The minimum Gasteiger partial charge on any atom is -0.356 e. The number of nitrogens with one attached hydrogen (secondary N) is 3. The third-order valence-corrected chi connectivity index (χ3v) is 2.02. The fraction of sp³-hybridized carbons (Fsp3) is 0.600. The second-order valence-electron chi connectivity index (χ2n) is 3.24. The third-order valence-electron chi connectivity index (χ3n) is 2.02. The van der Waals surface area contributed by atoms with E-state index in [1.807, 2.05) is 6.92 Å². The van der Waals surface area contributed by atoms with Gasteiger partial charge in [0.25, 0.3) is 0 Å². The largest absolute Gasteiger partial charge is 0.356 e. The van der Waals surface area contributed by atoms with E-state index in [4.69, 9.17) is 0 Å². The van der Waals surface area contributed by atoms with Gasteiger partial charge in [0.15, 0.2) is 0 Å². The number of hydrogen-bond acceptors (Lipinski definition) is 3. The van der Waals surface area contributed by atoms with Gasteiger partial charge in [-0.1, -0.05) is 6.92 Å². The summed E-state index contributed by atoms with van der Waals surface area (Å²) in [6.07, 6.45) is 4.77. The average Bonchev–Trinajstić information content (AvgIpc) is 2.71. The molecule has 0 unspecified atom stereocenters. The second-order valence-corrected chi connectivity index (χ2v) is 3.24. The highest BCUT2D eigenvalue weighted by Gasteiger charge is 2.00. The van der Waals surface area contributed by atoms with E-state index in [0.29, 0.717) is 13.0 Å². The first-order valence-corrected chi connectivity index (χ1v) is 5.28. The number of H-pyrrole nitrogens is 1. The molecule has 0 aliphatic heterocycles. The molecule has 1 aromatic heterocycles. The molecule has 1 amide bonds. The second kappa shape index (κ2) is 7.00. The average molecular weight is 210 g/mol. The normalized spacial score (nSPS) is 10.2. The summed E-state index contributed by atoms with van der Waals surface area (Å²) in [6, 6.07) is 0. The van der Waals surface area contributed by atoms with Gasteiger partial charge in [-0.15, -0.1) is 0 Å². The van der Waals surface area contributed by atoms with Crippen LogP contribution in [0.1, 0.15) is 19.2 Å². The minimum atomic E-state index is 0.0857. The van der Waals surface area contributed by atoms with E-state index in [1.165, 1.54) is 0 Å². The summed E-state index contributed by atoms with van der Waals surface area (Å²) in [4.78, 5) is 18.3. The van der Waals surface area contributed by atoms with Crippen molar-refractivity contribution in [1.82, 2.24) is 20.6 Å². The first-order chi connectivity index (χ1) is 7.33. The number of amides is 1. The molecule has 0 saturated heterocycles. The molecule has 3 N–H and O–H groups in total. The summed E-state index contributed by atoms with van der Waals surface area (Å²) >= 11 is 0. The summed E-state index contributed by atoms with van der Waals surface area (Å²) in [6.45, 7) is 4.30. The van der Waals surface area contributed by atoms with Crippen molar-refractivity contribution in [2.75, 3.05) is 19.6 Å². The van der Waals surface area contributed by atoms with E-state index in [0.717, 1.165) is 25.3 Å². The lowest BCUT2D eigenvalue weighted by Gasteiger charge is -2.04. The van der Waals surface area contributed by atoms with Crippen molar-refractivity contribution in [3.05, 3.63) is 18.2 Å². The molecule has 5 nitrogen and oxygen atoms in total. The fourth-order valence-electron chi connectivity index (χ4n) is 1.22. The van der Waals surface area contributed by atoms with Gasteiger partial charge < -0.3 is 15.6 Å². The Kier molecular flexibility index (Phi) is 5.47. The molecular weight excluding hydrogens is 192 g/mol. The maximum Gasteiger partial charge on any atom is 0.221 e. The number of rotatable bonds is 7. The highest BCUT2D eigenvalue weighted by molar-refractivity contribution is 5.76. The molecule has 0 fully saturated rings. The Bertz CT molecular complexity index is 271. The third kappa shape index (κ3) is 5.17. The van der Waals surface area contributed by atoms with Crippen LogP contribution in [0, 0.1) is 0 Å². The molecule has 1 rings (SSSR count). The van der Waals surface area contributed by atoms with Crippen LogP contribution in [0.4, 0.5) is 0 Å². The van der Waals surface area contributed by atoms with Crippen LogP contribution in [0.25, 0.3) is 0 Å². The number of aromatic amines is 1. The predicted octanol–water partition coefficient (Wildman–Crippen LogP) is 0.0680. The van der Waals surface area contributed by atoms with Gasteiger partial charge in [0.2, 0.25) is 5.91 Å². The lowest BCUT2D eigenvalue weighted by Crippen LogP contribution is -2.29. The number of imidazole rings is 1. The molecule has 0 bridgehead atoms.